The van der Waals surface area contributed by atoms with Crippen LogP contribution in [0.1, 0.15) is 56.9 Å². The van der Waals surface area contributed by atoms with Gasteiger partial charge in [0.15, 0.2) is 0 Å². The van der Waals surface area contributed by atoms with Gasteiger partial charge < -0.3 is 5.73 Å². The topological polar surface area (TPSA) is 26.0 Å². The van der Waals surface area contributed by atoms with Crippen molar-refractivity contribution in [3.8, 4) is 0 Å². The first-order valence-corrected chi connectivity index (χ1v) is 8.05. The van der Waals surface area contributed by atoms with E-state index in [2.05, 4.69) is 16.8 Å². The van der Waals surface area contributed by atoms with Crippen LogP contribution in [0.2, 0.25) is 0 Å². The average molecular weight is 251 g/mol. The molecule has 1 fully saturated rings. The normalized spacial score (nSPS) is 19.4. The van der Waals surface area contributed by atoms with Crippen molar-refractivity contribution >= 4 is 11.3 Å². The molecule has 0 amide bonds. The van der Waals surface area contributed by atoms with Crippen molar-refractivity contribution in [2.24, 2.45) is 11.7 Å². The minimum Gasteiger partial charge on any atom is -0.328 e. The lowest BCUT2D eigenvalue weighted by atomic mass is 9.85. The first-order valence-electron chi connectivity index (χ1n) is 7.11. The van der Waals surface area contributed by atoms with Gasteiger partial charge in [0.05, 0.1) is 0 Å². The zero-order chi connectivity index (χ0) is 11.9. The van der Waals surface area contributed by atoms with Gasteiger partial charge >= 0.3 is 0 Å². The van der Waals surface area contributed by atoms with Crippen LogP contribution in [0.4, 0.5) is 0 Å². The van der Waals surface area contributed by atoms with E-state index in [4.69, 9.17) is 5.73 Å². The maximum Gasteiger partial charge on any atom is 0.00421 e. The van der Waals surface area contributed by atoms with Crippen molar-refractivity contribution in [1.29, 1.82) is 0 Å². The minimum absolute atomic E-state index is 0.414. The fraction of sp³-hybridized carbons (Fsp3) is 0.733. The second-order valence-corrected chi connectivity index (χ2v) is 6.29. The Hall–Kier alpha value is -0.340. The van der Waals surface area contributed by atoms with Crippen LogP contribution in [0.25, 0.3) is 0 Å². The molecule has 0 bridgehead atoms. The molecule has 0 spiro atoms. The Morgan fingerprint density at radius 3 is 2.76 bits per heavy atom. The molecule has 96 valence electrons. The molecule has 1 atom stereocenters. The van der Waals surface area contributed by atoms with E-state index in [1.54, 1.807) is 11.3 Å². The van der Waals surface area contributed by atoms with Gasteiger partial charge in [0.25, 0.3) is 0 Å². The van der Waals surface area contributed by atoms with Crippen molar-refractivity contribution in [3.05, 3.63) is 22.4 Å². The van der Waals surface area contributed by atoms with E-state index in [1.807, 2.05) is 0 Å². The van der Waals surface area contributed by atoms with Gasteiger partial charge in [-0.1, -0.05) is 32.1 Å². The molecular formula is C15H25NS. The van der Waals surface area contributed by atoms with Crippen LogP contribution in [-0.4, -0.2) is 6.04 Å². The van der Waals surface area contributed by atoms with Gasteiger partial charge in [0.2, 0.25) is 0 Å². The highest BCUT2D eigenvalue weighted by molar-refractivity contribution is 7.07. The number of rotatable bonds is 6. The largest absolute Gasteiger partial charge is 0.328 e. The molecule has 17 heavy (non-hydrogen) atoms. The molecule has 0 saturated heterocycles. The van der Waals surface area contributed by atoms with Crippen molar-refractivity contribution < 1.29 is 0 Å². The Kier molecular flexibility index (Phi) is 5.53. The van der Waals surface area contributed by atoms with Gasteiger partial charge in [-0.05, 0) is 54.0 Å². The van der Waals surface area contributed by atoms with E-state index in [0.717, 1.165) is 18.8 Å². The molecule has 2 heteroatoms. The van der Waals surface area contributed by atoms with Crippen molar-refractivity contribution in [1.82, 2.24) is 0 Å². The summed E-state index contributed by atoms with van der Waals surface area (Å²) < 4.78 is 0. The fourth-order valence-corrected chi connectivity index (χ4v) is 3.56. The Balaban J connectivity index is 1.58. The number of aryl methyl sites for hydroxylation is 1. The van der Waals surface area contributed by atoms with Crippen LogP contribution >= 0.6 is 11.3 Å². The summed E-state index contributed by atoms with van der Waals surface area (Å²) in [7, 11) is 0. The lowest BCUT2D eigenvalue weighted by molar-refractivity contribution is 0.321. The number of hydrogen-bond donors (Lipinski definition) is 1. The number of nitrogens with two attached hydrogens (primary N) is 1. The van der Waals surface area contributed by atoms with Gasteiger partial charge in [-0.2, -0.15) is 11.3 Å². The minimum atomic E-state index is 0.414. The molecule has 1 unspecified atom stereocenters. The summed E-state index contributed by atoms with van der Waals surface area (Å²) in [4.78, 5) is 0. The van der Waals surface area contributed by atoms with Crippen LogP contribution in [0.5, 0.6) is 0 Å². The predicted octanol–water partition coefficient (Wildman–Crippen LogP) is 4.37. The summed E-state index contributed by atoms with van der Waals surface area (Å²) in [5.41, 5.74) is 7.67. The maximum absolute atomic E-state index is 6.21. The van der Waals surface area contributed by atoms with Crippen LogP contribution in [0, 0.1) is 5.92 Å². The summed E-state index contributed by atoms with van der Waals surface area (Å²) in [6.45, 7) is 0. The Morgan fingerprint density at radius 1 is 1.24 bits per heavy atom. The first kappa shape index (κ1) is 13.1. The zero-order valence-corrected chi connectivity index (χ0v) is 11.6. The SMILES string of the molecule is NC(CCc1ccsc1)CCC1CCCCC1. The molecule has 2 N–H and O–H groups in total. The van der Waals surface area contributed by atoms with Gasteiger partial charge in [0, 0.05) is 6.04 Å². The highest BCUT2D eigenvalue weighted by Crippen LogP contribution is 2.27. The molecule has 1 aromatic rings. The first-order chi connectivity index (χ1) is 8.34. The second-order valence-electron chi connectivity index (χ2n) is 5.51. The van der Waals surface area contributed by atoms with Crippen molar-refractivity contribution in [2.45, 2.75) is 63.8 Å². The summed E-state index contributed by atoms with van der Waals surface area (Å²) >= 11 is 1.79. The lowest BCUT2D eigenvalue weighted by Crippen LogP contribution is -2.22. The third-order valence-corrected chi connectivity index (χ3v) is 4.79. The monoisotopic (exact) mass is 251 g/mol. The van der Waals surface area contributed by atoms with E-state index < -0.39 is 0 Å². The lowest BCUT2D eigenvalue weighted by Gasteiger charge is -2.22. The highest BCUT2D eigenvalue weighted by Gasteiger charge is 2.14. The molecular weight excluding hydrogens is 226 g/mol. The van der Waals surface area contributed by atoms with Crippen LogP contribution < -0.4 is 5.73 Å². The summed E-state index contributed by atoms with van der Waals surface area (Å²) in [5.74, 6) is 0.982. The number of hydrogen-bond acceptors (Lipinski definition) is 2. The standard InChI is InChI=1S/C15H25NS/c16-15(9-7-14-10-11-17-12-14)8-6-13-4-2-1-3-5-13/h10-13,15H,1-9,16H2. The molecule has 0 aliphatic heterocycles. The Morgan fingerprint density at radius 2 is 2.06 bits per heavy atom. The van der Waals surface area contributed by atoms with E-state index in [0.29, 0.717) is 6.04 Å². The quantitative estimate of drug-likeness (QED) is 0.798. The van der Waals surface area contributed by atoms with E-state index >= 15 is 0 Å². The highest BCUT2D eigenvalue weighted by atomic mass is 32.1. The molecule has 1 aliphatic rings. The number of thiophene rings is 1. The van der Waals surface area contributed by atoms with Gasteiger partial charge in [-0.3, -0.25) is 0 Å². The molecule has 1 aliphatic carbocycles. The molecule has 1 heterocycles. The van der Waals surface area contributed by atoms with Gasteiger partial charge in [-0.25, -0.2) is 0 Å². The third-order valence-electron chi connectivity index (χ3n) is 4.05. The third kappa shape index (κ3) is 4.81. The van der Waals surface area contributed by atoms with E-state index in [-0.39, 0.29) is 0 Å². The second kappa shape index (κ2) is 7.17. The van der Waals surface area contributed by atoms with Gasteiger partial charge in [0.1, 0.15) is 0 Å². The van der Waals surface area contributed by atoms with Gasteiger partial charge in [-0.15, -0.1) is 0 Å². The summed E-state index contributed by atoms with van der Waals surface area (Å²) in [5, 5.41) is 4.40. The summed E-state index contributed by atoms with van der Waals surface area (Å²) in [6.07, 6.45) is 12.2. The van der Waals surface area contributed by atoms with Crippen LogP contribution in [0.3, 0.4) is 0 Å². The Labute approximate surface area is 109 Å². The maximum atomic E-state index is 6.21. The summed E-state index contributed by atoms with van der Waals surface area (Å²) in [6, 6.07) is 2.63. The van der Waals surface area contributed by atoms with E-state index in [1.165, 1.54) is 50.5 Å². The molecule has 1 nitrogen and oxygen atoms in total. The molecule has 0 radical (unpaired) electrons. The van der Waals surface area contributed by atoms with Crippen molar-refractivity contribution in [2.75, 3.05) is 0 Å². The fourth-order valence-electron chi connectivity index (χ4n) is 2.86. The van der Waals surface area contributed by atoms with Crippen LogP contribution in [-0.2, 0) is 6.42 Å². The zero-order valence-electron chi connectivity index (χ0n) is 10.7. The Bertz CT molecular complexity index is 288. The average Bonchev–Trinajstić information content (AvgIpc) is 2.88. The molecule has 2 rings (SSSR count). The van der Waals surface area contributed by atoms with E-state index in [9.17, 15) is 0 Å². The van der Waals surface area contributed by atoms with Crippen molar-refractivity contribution in [3.63, 3.8) is 0 Å². The molecule has 1 aromatic heterocycles. The molecule has 1 saturated carbocycles. The smallest absolute Gasteiger partial charge is 0.00421 e. The molecule has 0 aromatic carbocycles. The van der Waals surface area contributed by atoms with Crippen LogP contribution in [0.15, 0.2) is 16.8 Å². The predicted molar refractivity (Wildman–Crippen MR) is 76.4 cm³/mol.